The van der Waals surface area contributed by atoms with Crippen molar-refractivity contribution < 1.29 is 51.4 Å². The normalized spacial score (nSPS) is 0. The molecule has 0 rings (SSSR count). The van der Waals surface area contributed by atoms with E-state index in [0.29, 0.717) is 0 Å². The molecule has 0 aromatic heterocycles. The van der Waals surface area contributed by atoms with Gasteiger partial charge in [0, 0.05) is 0 Å². The van der Waals surface area contributed by atoms with Crippen molar-refractivity contribution in [1.29, 1.82) is 0 Å². The maximum atomic E-state index is 0. The van der Waals surface area contributed by atoms with E-state index >= 15 is 0 Å². The van der Waals surface area contributed by atoms with Gasteiger partial charge in [0.1, 0.15) is 0 Å². The number of hydrogen-bond donors (Lipinski definition) is 0. The summed E-state index contributed by atoms with van der Waals surface area (Å²) in [6, 6.07) is 0. The molecule has 0 aliphatic rings. The summed E-state index contributed by atoms with van der Waals surface area (Å²) >= 11 is 0. The van der Waals surface area contributed by atoms with Gasteiger partial charge in [-0.3, -0.25) is 0 Å². The molecular weight excluding hydrogens is 134 g/mol. The van der Waals surface area contributed by atoms with Gasteiger partial charge in [0.05, 0.1) is 0 Å². The molecule has 0 aliphatic heterocycles. The quantitative estimate of drug-likeness (QED) is 0.322. The molecule has 0 aromatic carbocycles. The topological polar surface area (TPSA) is 0 Å². The third kappa shape index (κ3) is 8.88. The second kappa shape index (κ2) is 16.7. The van der Waals surface area contributed by atoms with E-state index in [1.807, 2.05) is 0 Å². The van der Waals surface area contributed by atoms with Crippen LogP contribution in [0.1, 0.15) is 0 Å². The van der Waals surface area contributed by atoms with Gasteiger partial charge in [-0.2, -0.15) is 0 Å². The SMILES string of the molecule is Cl.Cl.[K+].[Mg+2]. The van der Waals surface area contributed by atoms with E-state index in [1.165, 1.54) is 0 Å². The van der Waals surface area contributed by atoms with E-state index in [0.717, 1.165) is 0 Å². The third-order valence-electron chi connectivity index (χ3n) is 0. The van der Waals surface area contributed by atoms with Crippen LogP contribution in [0.5, 0.6) is 0 Å². The second-order valence-electron chi connectivity index (χ2n) is 0. The van der Waals surface area contributed by atoms with Crippen molar-refractivity contribution in [2.75, 3.05) is 0 Å². The Morgan fingerprint density at radius 1 is 0.750 bits per heavy atom. The van der Waals surface area contributed by atoms with E-state index in [4.69, 9.17) is 0 Å². The Balaban J connectivity index is 0. The van der Waals surface area contributed by atoms with Gasteiger partial charge >= 0.3 is 74.4 Å². The summed E-state index contributed by atoms with van der Waals surface area (Å²) in [7, 11) is 0. The second-order valence-corrected chi connectivity index (χ2v) is 0. The molecule has 0 aromatic rings. The van der Waals surface area contributed by atoms with Crippen molar-refractivity contribution in [2.24, 2.45) is 0 Å². The molecule has 0 atom stereocenters. The zero-order valence-electron chi connectivity index (χ0n) is 2.52. The minimum Gasteiger partial charge on any atom is -0.147 e. The Labute approximate surface area is 96.9 Å². The molecule has 0 radical (unpaired) electrons. The average molecular weight is 136 g/mol. The Hall–Kier alpha value is 2.98. The van der Waals surface area contributed by atoms with E-state index in [1.54, 1.807) is 0 Å². The van der Waals surface area contributed by atoms with E-state index < -0.39 is 0 Å². The summed E-state index contributed by atoms with van der Waals surface area (Å²) in [5.74, 6) is 0. The standard InChI is InChI=1S/2ClH.K.Mg/h2*1H;;/q;;+1;+2. The van der Waals surface area contributed by atoms with Crippen LogP contribution in [-0.4, -0.2) is 23.1 Å². The van der Waals surface area contributed by atoms with Gasteiger partial charge in [-0.25, -0.2) is 0 Å². The Kier molecular flexibility index (Phi) is 117. The summed E-state index contributed by atoms with van der Waals surface area (Å²) in [5.41, 5.74) is 0. The van der Waals surface area contributed by atoms with Crippen LogP contribution in [0.4, 0.5) is 0 Å². The summed E-state index contributed by atoms with van der Waals surface area (Å²) in [6.07, 6.45) is 0. The summed E-state index contributed by atoms with van der Waals surface area (Å²) in [5, 5.41) is 0. The molecule has 0 heterocycles. The number of hydrogen-bond acceptors (Lipinski definition) is 0. The smallest absolute Gasteiger partial charge is 0.147 e. The zero-order chi connectivity index (χ0) is 0. The van der Waals surface area contributed by atoms with Crippen LogP contribution < -0.4 is 51.4 Å². The maximum absolute atomic E-state index is 0. The Morgan fingerprint density at radius 3 is 0.750 bits per heavy atom. The third-order valence-corrected chi connectivity index (χ3v) is 0. The molecule has 0 aliphatic carbocycles. The maximum Gasteiger partial charge on any atom is 2.00 e. The van der Waals surface area contributed by atoms with Gasteiger partial charge < -0.3 is 0 Å². The van der Waals surface area contributed by atoms with Gasteiger partial charge in [0.15, 0.2) is 0 Å². The molecule has 0 saturated heterocycles. The minimum absolute atomic E-state index is 0. The van der Waals surface area contributed by atoms with Crippen LogP contribution in [0.3, 0.4) is 0 Å². The van der Waals surface area contributed by atoms with Crippen molar-refractivity contribution in [3.8, 4) is 0 Å². The van der Waals surface area contributed by atoms with Gasteiger partial charge in [0.25, 0.3) is 0 Å². The van der Waals surface area contributed by atoms with Crippen molar-refractivity contribution in [1.82, 2.24) is 0 Å². The van der Waals surface area contributed by atoms with Gasteiger partial charge in [0.2, 0.25) is 0 Å². The predicted octanol–water partition coefficient (Wildman–Crippen LogP) is -2.53. The minimum atomic E-state index is 0. The van der Waals surface area contributed by atoms with Crippen LogP contribution in [-0.2, 0) is 0 Å². The van der Waals surface area contributed by atoms with Crippen LogP contribution in [0.15, 0.2) is 0 Å². The van der Waals surface area contributed by atoms with E-state index in [2.05, 4.69) is 0 Å². The molecule has 0 N–H and O–H groups in total. The van der Waals surface area contributed by atoms with Crippen LogP contribution >= 0.6 is 24.8 Å². The zero-order valence-corrected chi connectivity index (χ0v) is 8.69. The molecule has 0 nitrogen and oxygen atoms in total. The first kappa shape index (κ1) is 28.1. The van der Waals surface area contributed by atoms with Crippen LogP contribution in [0, 0.1) is 0 Å². The molecule has 16 valence electrons. The van der Waals surface area contributed by atoms with Crippen molar-refractivity contribution in [2.45, 2.75) is 0 Å². The summed E-state index contributed by atoms with van der Waals surface area (Å²) in [6.45, 7) is 0. The number of halogens is 2. The fourth-order valence-corrected chi connectivity index (χ4v) is 0. The van der Waals surface area contributed by atoms with Crippen LogP contribution in [0.2, 0.25) is 0 Å². The molecule has 0 spiro atoms. The molecule has 4 heavy (non-hydrogen) atoms. The Morgan fingerprint density at radius 2 is 0.750 bits per heavy atom. The molecule has 0 saturated carbocycles. The number of rotatable bonds is 0. The average Bonchev–Trinajstić information content (AvgIpc) is 0. The van der Waals surface area contributed by atoms with Crippen molar-refractivity contribution in [3.05, 3.63) is 0 Å². The first-order valence-electron chi connectivity index (χ1n) is 0. The Bertz CT molecular complexity index is 6.00. The molecular formula is H2Cl2KMg+3. The van der Waals surface area contributed by atoms with E-state index in [9.17, 15) is 0 Å². The first-order chi connectivity index (χ1) is 0. The molecule has 0 bridgehead atoms. The van der Waals surface area contributed by atoms with E-state index in [-0.39, 0.29) is 99.3 Å². The summed E-state index contributed by atoms with van der Waals surface area (Å²) in [4.78, 5) is 0. The summed E-state index contributed by atoms with van der Waals surface area (Å²) < 4.78 is 0. The molecule has 0 fully saturated rings. The monoisotopic (exact) mass is 135 g/mol. The van der Waals surface area contributed by atoms with Gasteiger partial charge in [-0.05, 0) is 0 Å². The van der Waals surface area contributed by atoms with Crippen LogP contribution in [0.25, 0.3) is 0 Å². The fourth-order valence-electron chi connectivity index (χ4n) is 0. The van der Waals surface area contributed by atoms with Gasteiger partial charge in [-0.15, -0.1) is 24.8 Å². The molecule has 0 unspecified atom stereocenters. The first-order valence-corrected chi connectivity index (χ1v) is 0. The molecule has 4 heteroatoms. The fraction of sp³-hybridized carbons (Fsp3) is 0. The van der Waals surface area contributed by atoms with Crippen molar-refractivity contribution in [3.63, 3.8) is 0 Å². The predicted molar refractivity (Wildman–Crippen MR) is 20.2 cm³/mol. The van der Waals surface area contributed by atoms with Crippen molar-refractivity contribution >= 4 is 47.9 Å². The largest absolute Gasteiger partial charge is 2.00 e. The van der Waals surface area contributed by atoms with Gasteiger partial charge in [-0.1, -0.05) is 0 Å². The molecule has 0 amide bonds.